The van der Waals surface area contributed by atoms with Gasteiger partial charge in [0, 0.05) is 6.20 Å². The molecule has 1 aliphatic rings. The van der Waals surface area contributed by atoms with Crippen molar-refractivity contribution in [1.82, 2.24) is 4.68 Å². The van der Waals surface area contributed by atoms with Crippen LogP contribution in [0.15, 0.2) is 28.4 Å². The van der Waals surface area contributed by atoms with Crippen LogP contribution in [0.4, 0.5) is 5.82 Å². The Balaban J connectivity index is 2.78. The predicted octanol–water partition coefficient (Wildman–Crippen LogP) is 1.07. The van der Waals surface area contributed by atoms with Gasteiger partial charge in [-0.15, -0.1) is 5.10 Å². The number of aliphatic imine (C=N–C) groups is 1. The first-order chi connectivity index (χ1) is 3.97. The number of fused-ring (bicyclic) bond motifs is 1. The van der Waals surface area contributed by atoms with Crippen molar-refractivity contribution in [2.75, 3.05) is 0 Å². The Bertz CT molecular complexity index is 242. The Kier molecular flexibility index (Phi) is 0.492. The first-order valence-corrected chi connectivity index (χ1v) is 2.31. The smallest absolute Gasteiger partial charge is 0.165 e. The van der Waals surface area contributed by atoms with Gasteiger partial charge in [-0.05, 0) is 12.1 Å². The second kappa shape index (κ2) is 1.08. The molecule has 1 aliphatic heterocycles. The molecule has 3 heteroatoms. The highest BCUT2D eigenvalue weighted by atomic mass is 15.4. The quantitative estimate of drug-likeness (QED) is 0.479. The summed E-state index contributed by atoms with van der Waals surface area (Å²) in [6.07, 6.45) is 1.83. The summed E-state index contributed by atoms with van der Waals surface area (Å²) >= 11 is 0. The van der Waals surface area contributed by atoms with Crippen molar-refractivity contribution in [3.8, 4) is 0 Å². The minimum Gasteiger partial charge on any atom is -0.212 e. The van der Waals surface area contributed by atoms with Crippen LogP contribution in [0.25, 0.3) is 0 Å². The van der Waals surface area contributed by atoms with Crippen LogP contribution in [0.3, 0.4) is 0 Å². The van der Waals surface area contributed by atoms with E-state index in [1.54, 1.807) is 4.68 Å². The van der Waals surface area contributed by atoms with E-state index >= 15 is 0 Å². The van der Waals surface area contributed by atoms with Gasteiger partial charge in [-0.25, -0.2) is 4.68 Å². The highest BCUT2D eigenvalue weighted by Crippen LogP contribution is 2.13. The minimum absolute atomic E-state index is 0.852. The highest BCUT2D eigenvalue weighted by molar-refractivity contribution is 5.54. The zero-order chi connectivity index (χ0) is 5.40. The molecule has 0 saturated carbocycles. The lowest BCUT2D eigenvalue weighted by Gasteiger charge is -1.82. The predicted molar refractivity (Wildman–Crippen MR) is 29.4 cm³/mol. The van der Waals surface area contributed by atoms with Gasteiger partial charge in [0.2, 0.25) is 0 Å². The number of nitrogens with zero attached hydrogens (tertiary/aromatic N) is 3. The second-order valence-electron chi connectivity index (χ2n) is 1.52. The van der Waals surface area contributed by atoms with Crippen molar-refractivity contribution < 1.29 is 0 Å². The largest absolute Gasteiger partial charge is 0.212 e. The number of aromatic nitrogens is 1. The molecule has 8 heavy (non-hydrogen) atoms. The Hall–Kier alpha value is -1.34. The van der Waals surface area contributed by atoms with Crippen LogP contribution >= 0.6 is 0 Å². The third kappa shape index (κ3) is 0.290. The van der Waals surface area contributed by atoms with E-state index < -0.39 is 0 Å². The van der Waals surface area contributed by atoms with E-state index in [1.807, 2.05) is 18.3 Å². The van der Waals surface area contributed by atoms with Crippen LogP contribution in [0.2, 0.25) is 0 Å². The summed E-state index contributed by atoms with van der Waals surface area (Å²) < 4.78 is 1.67. The molecule has 2 rings (SSSR count). The zero-order valence-electron chi connectivity index (χ0n) is 4.07. The summed E-state index contributed by atoms with van der Waals surface area (Å²) in [4.78, 5) is 3.81. The first kappa shape index (κ1) is 3.64. The lowest BCUT2D eigenvalue weighted by atomic mass is 10.6. The molecular formula is C5H3N3. The van der Waals surface area contributed by atoms with E-state index in [-0.39, 0.29) is 0 Å². The van der Waals surface area contributed by atoms with Crippen molar-refractivity contribution in [2.24, 2.45) is 10.1 Å². The molecule has 1 aromatic heterocycles. The Morgan fingerprint density at radius 1 is 1.62 bits per heavy atom. The first-order valence-electron chi connectivity index (χ1n) is 2.31. The fourth-order valence-corrected chi connectivity index (χ4v) is 0.658. The van der Waals surface area contributed by atoms with Gasteiger partial charge >= 0.3 is 0 Å². The van der Waals surface area contributed by atoms with Crippen molar-refractivity contribution in [2.45, 2.75) is 0 Å². The normalized spacial score (nSPS) is 12.5. The molecule has 0 N–H and O–H groups in total. The van der Waals surface area contributed by atoms with Crippen LogP contribution < -0.4 is 0 Å². The van der Waals surface area contributed by atoms with Crippen molar-refractivity contribution in [3.05, 3.63) is 18.3 Å². The average molecular weight is 105 g/mol. The van der Waals surface area contributed by atoms with Crippen molar-refractivity contribution >= 4 is 11.8 Å². The van der Waals surface area contributed by atoms with Gasteiger partial charge < -0.3 is 0 Å². The van der Waals surface area contributed by atoms with Crippen LogP contribution in [0.1, 0.15) is 0 Å². The van der Waals surface area contributed by atoms with Crippen LogP contribution in [-0.4, -0.2) is 10.7 Å². The van der Waals surface area contributed by atoms with E-state index in [1.165, 1.54) is 0 Å². The van der Waals surface area contributed by atoms with Crippen LogP contribution in [-0.2, 0) is 0 Å². The van der Waals surface area contributed by atoms with E-state index in [0.29, 0.717) is 0 Å². The number of rotatable bonds is 0. The molecule has 0 radical (unpaired) electrons. The molecule has 0 bridgehead atoms. The average Bonchev–Trinajstić information content (AvgIpc) is 2.15. The third-order valence-electron chi connectivity index (χ3n) is 1.02. The fourth-order valence-electron chi connectivity index (χ4n) is 0.658. The number of hydrogen-bond donors (Lipinski definition) is 0. The molecule has 0 saturated heterocycles. The molecule has 0 aromatic carbocycles. The summed E-state index contributed by atoms with van der Waals surface area (Å²) in [5.41, 5.74) is 0. The van der Waals surface area contributed by atoms with Gasteiger partial charge in [0.15, 0.2) is 5.82 Å². The molecule has 1 aromatic rings. The standard InChI is InChI=1S/C5H3N3/c1-2-5-6-4-7-8(5)3-1/h1-3H. The zero-order valence-corrected chi connectivity index (χ0v) is 4.07. The Morgan fingerprint density at radius 3 is 3.50 bits per heavy atom. The van der Waals surface area contributed by atoms with E-state index in [9.17, 15) is 0 Å². The van der Waals surface area contributed by atoms with E-state index in [4.69, 9.17) is 0 Å². The molecule has 0 fully saturated rings. The van der Waals surface area contributed by atoms with Gasteiger partial charge in [-0.3, -0.25) is 0 Å². The van der Waals surface area contributed by atoms with Crippen molar-refractivity contribution in [1.29, 1.82) is 0 Å². The summed E-state index contributed by atoms with van der Waals surface area (Å²) in [6.45, 7) is 0. The summed E-state index contributed by atoms with van der Waals surface area (Å²) in [6, 6.07) is 6.25. The molecule has 2 heterocycles. The molecule has 0 amide bonds. The van der Waals surface area contributed by atoms with Crippen LogP contribution in [0.5, 0.6) is 0 Å². The minimum atomic E-state index is 0.852. The Labute approximate surface area is 46.0 Å². The van der Waals surface area contributed by atoms with E-state index in [2.05, 4.69) is 16.1 Å². The SMILES string of the molecule is C1=Nc2cccn2N=1. The van der Waals surface area contributed by atoms with E-state index in [0.717, 1.165) is 5.82 Å². The number of hydrogen-bond acceptors (Lipinski definition) is 2. The van der Waals surface area contributed by atoms with Gasteiger partial charge in [0.05, 0.1) is 0 Å². The maximum absolute atomic E-state index is 3.81. The molecular weight excluding hydrogens is 102 g/mol. The van der Waals surface area contributed by atoms with Gasteiger partial charge in [-0.2, -0.15) is 4.99 Å². The highest BCUT2D eigenvalue weighted by Gasteiger charge is 1.97. The maximum Gasteiger partial charge on any atom is 0.165 e. The summed E-state index contributed by atoms with van der Waals surface area (Å²) in [7, 11) is 0. The van der Waals surface area contributed by atoms with Gasteiger partial charge in [0.25, 0.3) is 0 Å². The fraction of sp³-hybridized carbons (Fsp3) is 0. The van der Waals surface area contributed by atoms with Crippen LogP contribution in [0, 0.1) is 0 Å². The lowest BCUT2D eigenvalue weighted by Crippen LogP contribution is -1.74. The molecule has 0 aliphatic carbocycles. The summed E-state index contributed by atoms with van der Waals surface area (Å²) in [5.74, 6) is 0.852. The second-order valence-corrected chi connectivity index (χ2v) is 1.52. The molecule has 0 unspecified atom stereocenters. The molecule has 0 atom stereocenters. The monoisotopic (exact) mass is 105 g/mol. The Morgan fingerprint density at radius 2 is 2.62 bits per heavy atom. The van der Waals surface area contributed by atoms with Gasteiger partial charge in [-0.1, -0.05) is 0 Å². The summed E-state index contributed by atoms with van der Waals surface area (Å²) in [5, 5.41) is 3.76. The third-order valence-corrected chi connectivity index (χ3v) is 1.02. The van der Waals surface area contributed by atoms with Crippen molar-refractivity contribution in [3.63, 3.8) is 0 Å². The van der Waals surface area contributed by atoms with Gasteiger partial charge in [0.1, 0.15) is 6.01 Å². The topological polar surface area (TPSA) is 29.6 Å². The molecule has 38 valence electrons. The molecule has 0 spiro atoms. The molecule has 3 nitrogen and oxygen atoms in total. The maximum atomic E-state index is 3.81. The lowest BCUT2D eigenvalue weighted by molar-refractivity contribution is 0.920.